The molecule has 1 fully saturated rings. The number of nitrogens with zero attached hydrogens (tertiary/aromatic N) is 2. The highest BCUT2D eigenvalue weighted by Crippen LogP contribution is 2.28. The summed E-state index contributed by atoms with van der Waals surface area (Å²) >= 11 is 0. The number of sulfonamides is 1. The standard InChI is InChI=1S/C31H31FN4O4S/c1-40-30-5-3-2-4-29(30)36-20-18-35(19-21-36)22-23-6-8-24(9-7-23)31(37)33-26-14-16-28(17-15-26)41(38,39)34-27-12-10-25(32)11-13-27/h2-17,34H,18-22H2,1H3,(H,33,37). The summed E-state index contributed by atoms with van der Waals surface area (Å²) in [6, 6.07) is 26.5. The fraction of sp³-hybridized carbons (Fsp3) is 0.194. The van der Waals surface area contributed by atoms with E-state index in [4.69, 9.17) is 4.74 Å². The number of ether oxygens (including phenoxy) is 1. The molecule has 41 heavy (non-hydrogen) atoms. The minimum absolute atomic E-state index is 0.0212. The van der Waals surface area contributed by atoms with Crippen molar-refractivity contribution in [2.45, 2.75) is 11.4 Å². The van der Waals surface area contributed by atoms with Crippen LogP contribution in [0.25, 0.3) is 0 Å². The molecule has 1 heterocycles. The summed E-state index contributed by atoms with van der Waals surface area (Å²) in [5.41, 5.74) is 3.46. The first-order chi connectivity index (χ1) is 19.8. The molecule has 4 aromatic rings. The van der Waals surface area contributed by atoms with Crippen LogP contribution >= 0.6 is 0 Å². The molecule has 0 unspecified atom stereocenters. The Labute approximate surface area is 239 Å². The van der Waals surface area contributed by atoms with E-state index in [1.165, 1.54) is 48.5 Å². The average molecular weight is 575 g/mol. The molecule has 0 aromatic heterocycles. The Morgan fingerprint density at radius 2 is 1.46 bits per heavy atom. The molecule has 1 aliphatic rings. The number of hydrogen-bond acceptors (Lipinski definition) is 6. The first kappa shape index (κ1) is 28.1. The van der Waals surface area contributed by atoms with Crippen LogP contribution in [0.2, 0.25) is 0 Å². The van der Waals surface area contributed by atoms with Gasteiger partial charge in [0.1, 0.15) is 11.6 Å². The zero-order valence-electron chi connectivity index (χ0n) is 22.6. The Kier molecular flexibility index (Phi) is 8.51. The van der Waals surface area contributed by atoms with Crippen LogP contribution in [0.1, 0.15) is 15.9 Å². The highest BCUT2D eigenvalue weighted by Gasteiger charge is 2.20. The van der Waals surface area contributed by atoms with Gasteiger partial charge in [0.05, 0.1) is 17.7 Å². The molecule has 212 valence electrons. The minimum Gasteiger partial charge on any atom is -0.495 e. The summed E-state index contributed by atoms with van der Waals surface area (Å²) in [7, 11) is -2.17. The number of carbonyl (C=O) groups excluding carboxylic acids is 1. The van der Waals surface area contributed by atoms with Crippen molar-refractivity contribution in [3.63, 3.8) is 0 Å². The molecule has 4 aromatic carbocycles. The number of hydrogen-bond donors (Lipinski definition) is 2. The number of rotatable bonds is 9. The van der Waals surface area contributed by atoms with Gasteiger partial charge in [-0.25, -0.2) is 12.8 Å². The van der Waals surface area contributed by atoms with Crippen molar-refractivity contribution in [2.75, 3.05) is 48.2 Å². The van der Waals surface area contributed by atoms with Crippen LogP contribution < -0.4 is 19.7 Å². The van der Waals surface area contributed by atoms with E-state index in [1.807, 2.05) is 30.3 Å². The molecule has 0 radical (unpaired) electrons. The van der Waals surface area contributed by atoms with Crippen LogP contribution in [0.15, 0.2) is 102 Å². The fourth-order valence-corrected chi connectivity index (χ4v) is 5.77. The summed E-state index contributed by atoms with van der Waals surface area (Å²) in [5.74, 6) is 0.138. The highest BCUT2D eigenvalue weighted by atomic mass is 32.2. The van der Waals surface area contributed by atoms with Gasteiger partial charge in [-0.2, -0.15) is 0 Å². The Bertz CT molecular complexity index is 1590. The molecule has 1 aliphatic heterocycles. The summed E-state index contributed by atoms with van der Waals surface area (Å²) in [4.78, 5) is 17.5. The molecule has 5 rings (SSSR count). The van der Waals surface area contributed by atoms with Crippen LogP contribution in [-0.2, 0) is 16.6 Å². The van der Waals surface area contributed by atoms with Crippen LogP contribution in [0.4, 0.5) is 21.5 Å². The SMILES string of the molecule is COc1ccccc1N1CCN(Cc2ccc(C(=O)Nc3ccc(S(=O)(=O)Nc4ccc(F)cc4)cc3)cc2)CC1. The quantitative estimate of drug-likeness (QED) is 0.285. The van der Waals surface area contributed by atoms with Gasteiger partial charge in [0.2, 0.25) is 0 Å². The Hall–Kier alpha value is -4.41. The number of nitrogens with one attached hydrogen (secondary N) is 2. The molecular formula is C31H31FN4O4S. The maximum Gasteiger partial charge on any atom is 0.261 e. The second-order valence-electron chi connectivity index (χ2n) is 9.72. The topological polar surface area (TPSA) is 91.0 Å². The first-order valence-corrected chi connectivity index (χ1v) is 14.7. The van der Waals surface area contributed by atoms with Crippen LogP contribution in [0, 0.1) is 5.82 Å². The van der Waals surface area contributed by atoms with E-state index in [2.05, 4.69) is 25.9 Å². The number of piperazine rings is 1. The summed E-state index contributed by atoms with van der Waals surface area (Å²) in [5, 5.41) is 2.80. The Morgan fingerprint density at radius 3 is 2.12 bits per heavy atom. The molecule has 0 saturated carbocycles. The van der Waals surface area contributed by atoms with Gasteiger partial charge in [-0.3, -0.25) is 14.4 Å². The molecular weight excluding hydrogens is 543 g/mol. The molecule has 0 spiro atoms. The van der Waals surface area contributed by atoms with Crippen LogP contribution in [0.5, 0.6) is 5.75 Å². The zero-order chi connectivity index (χ0) is 28.8. The lowest BCUT2D eigenvalue weighted by Gasteiger charge is -2.36. The second-order valence-corrected chi connectivity index (χ2v) is 11.4. The van der Waals surface area contributed by atoms with Gasteiger partial charge in [-0.1, -0.05) is 24.3 Å². The Balaban J connectivity index is 1.13. The summed E-state index contributed by atoms with van der Waals surface area (Å²) in [6.45, 7) is 4.45. The maximum atomic E-state index is 13.1. The van der Waals surface area contributed by atoms with Crippen molar-refractivity contribution < 1.29 is 22.3 Å². The monoisotopic (exact) mass is 574 g/mol. The molecule has 2 N–H and O–H groups in total. The predicted octanol–water partition coefficient (Wildman–Crippen LogP) is 5.21. The largest absolute Gasteiger partial charge is 0.495 e. The summed E-state index contributed by atoms with van der Waals surface area (Å²) in [6.07, 6.45) is 0. The highest BCUT2D eigenvalue weighted by molar-refractivity contribution is 7.92. The van der Waals surface area contributed by atoms with E-state index in [0.717, 1.165) is 49.7 Å². The lowest BCUT2D eigenvalue weighted by molar-refractivity contribution is 0.102. The third kappa shape index (κ3) is 7.03. The van der Waals surface area contributed by atoms with Crippen molar-refractivity contribution in [1.29, 1.82) is 0 Å². The van der Waals surface area contributed by atoms with E-state index in [1.54, 1.807) is 19.2 Å². The van der Waals surface area contributed by atoms with Gasteiger partial charge < -0.3 is 15.0 Å². The normalized spacial score (nSPS) is 14.0. The van der Waals surface area contributed by atoms with Crippen molar-refractivity contribution in [3.05, 3.63) is 114 Å². The molecule has 0 aliphatic carbocycles. The number of amides is 1. The predicted molar refractivity (Wildman–Crippen MR) is 159 cm³/mol. The number of carbonyl (C=O) groups is 1. The van der Waals surface area contributed by atoms with E-state index in [-0.39, 0.29) is 16.5 Å². The second kappa shape index (κ2) is 12.4. The van der Waals surface area contributed by atoms with E-state index in [9.17, 15) is 17.6 Å². The zero-order valence-corrected chi connectivity index (χ0v) is 23.4. The molecule has 0 atom stereocenters. The van der Waals surface area contributed by atoms with Gasteiger partial charge in [0.15, 0.2) is 0 Å². The molecule has 0 bridgehead atoms. The van der Waals surface area contributed by atoms with Gasteiger partial charge in [-0.05, 0) is 78.4 Å². The van der Waals surface area contributed by atoms with Gasteiger partial charge in [-0.15, -0.1) is 0 Å². The Morgan fingerprint density at radius 1 is 0.829 bits per heavy atom. The third-order valence-corrected chi connectivity index (χ3v) is 8.34. The van der Waals surface area contributed by atoms with E-state index >= 15 is 0 Å². The number of para-hydroxylation sites is 2. The number of halogens is 1. The number of methoxy groups -OCH3 is 1. The fourth-order valence-electron chi connectivity index (χ4n) is 4.71. The molecule has 1 amide bonds. The lowest BCUT2D eigenvalue weighted by Crippen LogP contribution is -2.46. The first-order valence-electron chi connectivity index (χ1n) is 13.2. The van der Waals surface area contributed by atoms with E-state index in [0.29, 0.717) is 11.3 Å². The maximum absolute atomic E-state index is 13.1. The lowest BCUT2D eigenvalue weighted by atomic mass is 10.1. The van der Waals surface area contributed by atoms with Crippen LogP contribution in [-0.4, -0.2) is 52.5 Å². The van der Waals surface area contributed by atoms with Crippen molar-refractivity contribution in [1.82, 2.24) is 4.90 Å². The smallest absolute Gasteiger partial charge is 0.261 e. The third-order valence-electron chi connectivity index (χ3n) is 6.94. The van der Waals surface area contributed by atoms with Gasteiger partial charge in [0.25, 0.3) is 15.9 Å². The van der Waals surface area contributed by atoms with Gasteiger partial charge >= 0.3 is 0 Å². The number of anilines is 3. The van der Waals surface area contributed by atoms with Crippen molar-refractivity contribution >= 4 is 33.0 Å². The molecule has 1 saturated heterocycles. The van der Waals surface area contributed by atoms with Gasteiger partial charge in [0, 0.05) is 49.7 Å². The van der Waals surface area contributed by atoms with Crippen LogP contribution in [0.3, 0.4) is 0 Å². The van der Waals surface area contributed by atoms with Crippen molar-refractivity contribution in [3.8, 4) is 5.75 Å². The minimum atomic E-state index is -3.86. The van der Waals surface area contributed by atoms with Crippen molar-refractivity contribution in [2.24, 2.45) is 0 Å². The summed E-state index contributed by atoms with van der Waals surface area (Å²) < 4.78 is 46.2. The average Bonchev–Trinajstić information content (AvgIpc) is 2.99. The number of benzene rings is 4. The molecule has 8 nitrogen and oxygen atoms in total. The molecule has 10 heteroatoms. The van der Waals surface area contributed by atoms with E-state index < -0.39 is 15.8 Å².